The first-order chi connectivity index (χ1) is 10.5. The molecule has 4 aliphatic rings. The molecule has 22 heavy (non-hydrogen) atoms. The maximum absolute atomic E-state index is 2.63. The first-order valence-corrected chi connectivity index (χ1v) is 9.57. The van der Waals surface area contributed by atoms with Crippen LogP contribution in [0.15, 0.2) is 36.0 Å². The fourth-order valence-electron chi connectivity index (χ4n) is 7.13. The molecule has 0 spiro atoms. The van der Waals surface area contributed by atoms with Crippen LogP contribution in [0.4, 0.5) is 0 Å². The predicted molar refractivity (Wildman–Crippen MR) is 94.5 cm³/mol. The van der Waals surface area contributed by atoms with Crippen LogP contribution in [0.1, 0.15) is 59.8 Å². The number of rotatable bonds is 1. The Kier molecular flexibility index (Phi) is 3.26. The lowest BCUT2D eigenvalue weighted by molar-refractivity contribution is -0.000639. The maximum Gasteiger partial charge on any atom is 0.0134 e. The van der Waals surface area contributed by atoms with Crippen LogP contribution in [0.2, 0.25) is 0 Å². The van der Waals surface area contributed by atoms with Gasteiger partial charge in [0.1, 0.15) is 0 Å². The number of hydrogen-bond donors (Lipinski definition) is 0. The highest BCUT2D eigenvalue weighted by Gasteiger charge is 2.58. The van der Waals surface area contributed by atoms with Crippen LogP contribution < -0.4 is 0 Å². The van der Waals surface area contributed by atoms with Crippen LogP contribution in [-0.4, -0.2) is 0 Å². The van der Waals surface area contributed by atoms with E-state index in [1.807, 2.05) is 0 Å². The molecule has 7 atom stereocenters. The van der Waals surface area contributed by atoms with E-state index in [9.17, 15) is 0 Å². The Morgan fingerprint density at radius 2 is 2.05 bits per heavy atom. The number of hydrogen-bond acceptors (Lipinski definition) is 0. The minimum Gasteiger partial charge on any atom is -0.0838 e. The lowest BCUT2D eigenvalue weighted by Crippen LogP contribution is -2.47. The smallest absolute Gasteiger partial charge is 0.0134 e. The van der Waals surface area contributed by atoms with E-state index in [4.69, 9.17) is 0 Å². The van der Waals surface area contributed by atoms with Gasteiger partial charge in [-0.1, -0.05) is 64.5 Å². The van der Waals surface area contributed by atoms with Gasteiger partial charge in [0.25, 0.3) is 0 Å². The van der Waals surface area contributed by atoms with Gasteiger partial charge in [0.15, 0.2) is 0 Å². The molecular weight excluding hydrogens is 264 g/mol. The minimum absolute atomic E-state index is 0.312. The van der Waals surface area contributed by atoms with Crippen molar-refractivity contribution in [2.24, 2.45) is 40.4 Å². The van der Waals surface area contributed by atoms with Crippen LogP contribution in [0, 0.1) is 40.4 Å². The van der Waals surface area contributed by atoms with Crippen molar-refractivity contribution in [3.8, 4) is 0 Å². The Morgan fingerprint density at radius 3 is 2.82 bits per heavy atom. The molecule has 0 nitrogen and oxygen atoms in total. The van der Waals surface area contributed by atoms with Gasteiger partial charge in [-0.15, -0.1) is 0 Å². The van der Waals surface area contributed by atoms with Crippen molar-refractivity contribution < 1.29 is 0 Å². The Morgan fingerprint density at radius 1 is 1.23 bits per heavy atom. The van der Waals surface area contributed by atoms with Gasteiger partial charge in [0, 0.05) is 5.41 Å². The summed E-state index contributed by atoms with van der Waals surface area (Å²) in [4.78, 5) is 0. The molecule has 4 aliphatic carbocycles. The normalized spacial score (nSPS) is 52.7. The van der Waals surface area contributed by atoms with Crippen molar-refractivity contribution in [2.75, 3.05) is 0 Å². The standard InChI is InChI=1S/C22H32/c1-5-18-15(2)14-20-17-10-9-16-8-6-7-12-21(16,3)19(17)11-13-22(18,20)4/h7-10,12,15,17-20H,5-6,11,13-14H2,1-4H3/t15?,17-,18+,19+,20+,21+,22-/m1/s1. The van der Waals surface area contributed by atoms with Crippen molar-refractivity contribution in [3.63, 3.8) is 0 Å². The zero-order valence-electron chi connectivity index (χ0n) is 14.8. The second-order valence-electron chi connectivity index (χ2n) is 9.00. The maximum atomic E-state index is 2.63. The van der Waals surface area contributed by atoms with Crippen LogP contribution >= 0.6 is 0 Å². The molecule has 4 rings (SSSR count). The van der Waals surface area contributed by atoms with Crippen molar-refractivity contribution in [1.29, 1.82) is 0 Å². The average molecular weight is 296 g/mol. The predicted octanol–water partition coefficient (Wildman–Crippen LogP) is 6.16. The molecule has 0 amide bonds. The summed E-state index contributed by atoms with van der Waals surface area (Å²) in [5.41, 5.74) is 2.50. The molecule has 0 aromatic rings. The molecule has 120 valence electrons. The van der Waals surface area contributed by atoms with Crippen molar-refractivity contribution >= 4 is 0 Å². The summed E-state index contributed by atoms with van der Waals surface area (Å²) < 4.78 is 0. The second-order valence-corrected chi connectivity index (χ2v) is 9.00. The summed E-state index contributed by atoms with van der Waals surface area (Å²) in [5.74, 6) is 4.41. The van der Waals surface area contributed by atoms with E-state index in [1.54, 1.807) is 5.57 Å². The highest BCUT2D eigenvalue weighted by molar-refractivity contribution is 5.40. The van der Waals surface area contributed by atoms with Gasteiger partial charge in [-0.3, -0.25) is 0 Å². The summed E-state index contributed by atoms with van der Waals surface area (Å²) in [7, 11) is 0. The van der Waals surface area contributed by atoms with Crippen LogP contribution in [-0.2, 0) is 0 Å². The topological polar surface area (TPSA) is 0 Å². The van der Waals surface area contributed by atoms with Crippen molar-refractivity contribution in [2.45, 2.75) is 59.8 Å². The van der Waals surface area contributed by atoms with E-state index in [1.165, 1.54) is 25.7 Å². The van der Waals surface area contributed by atoms with Gasteiger partial charge in [-0.05, 0) is 66.3 Å². The molecule has 0 heteroatoms. The Hall–Kier alpha value is -0.780. The Bertz CT molecular complexity index is 550. The fourth-order valence-corrected chi connectivity index (χ4v) is 7.13. The zero-order valence-corrected chi connectivity index (χ0v) is 14.8. The molecule has 0 aromatic carbocycles. The summed E-state index contributed by atoms with van der Waals surface area (Å²) in [6, 6.07) is 0. The molecule has 2 fully saturated rings. The monoisotopic (exact) mass is 296 g/mol. The minimum atomic E-state index is 0.312. The van der Waals surface area contributed by atoms with Crippen molar-refractivity contribution in [3.05, 3.63) is 36.0 Å². The average Bonchev–Trinajstić information content (AvgIpc) is 2.76. The molecule has 2 saturated carbocycles. The first-order valence-electron chi connectivity index (χ1n) is 9.57. The Labute approximate surface area is 136 Å². The van der Waals surface area contributed by atoms with Gasteiger partial charge in [-0.2, -0.15) is 0 Å². The van der Waals surface area contributed by atoms with Crippen LogP contribution in [0.5, 0.6) is 0 Å². The molecule has 0 aliphatic heterocycles. The lowest BCUT2D eigenvalue weighted by atomic mass is 9.49. The highest BCUT2D eigenvalue weighted by atomic mass is 14.6. The molecular formula is C22H32. The molecule has 0 aromatic heterocycles. The molecule has 0 bridgehead atoms. The summed E-state index contributed by atoms with van der Waals surface area (Å²) in [6.45, 7) is 10.1. The third-order valence-corrected chi connectivity index (χ3v) is 8.20. The van der Waals surface area contributed by atoms with E-state index in [2.05, 4.69) is 58.1 Å². The number of allylic oxidation sites excluding steroid dienone is 6. The van der Waals surface area contributed by atoms with E-state index in [-0.39, 0.29) is 0 Å². The van der Waals surface area contributed by atoms with E-state index >= 15 is 0 Å². The van der Waals surface area contributed by atoms with Gasteiger partial charge >= 0.3 is 0 Å². The van der Waals surface area contributed by atoms with Crippen LogP contribution in [0.3, 0.4) is 0 Å². The highest BCUT2D eigenvalue weighted by Crippen LogP contribution is 2.66. The Balaban J connectivity index is 1.74. The SMILES string of the molecule is CC[C@H]1C(C)C[C@H]2[C@@H]3C=CC4=CCC=C[C@]4(C)[C@H]3CC[C@]12C. The zero-order chi connectivity index (χ0) is 15.5. The second kappa shape index (κ2) is 4.86. The molecule has 0 N–H and O–H groups in total. The number of fused-ring (bicyclic) bond motifs is 5. The van der Waals surface area contributed by atoms with Gasteiger partial charge in [0.2, 0.25) is 0 Å². The molecule has 0 heterocycles. The summed E-state index contributed by atoms with van der Waals surface area (Å²) in [5, 5.41) is 0. The molecule has 1 unspecified atom stereocenters. The van der Waals surface area contributed by atoms with E-state index in [0.717, 1.165) is 36.0 Å². The fraction of sp³-hybridized carbons (Fsp3) is 0.727. The van der Waals surface area contributed by atoms with Gasteiger partial charge < -0.3 is 0 Å². The van der Waals surface area contributed by atoms with E-state index in [0.29, 0.717) is 10.8 Å². The van der Waals surface area contributed by atoms with E-state index < -0.39 is 0 Å². The summed E-state index contributed by atoms with van der Waals surface area (Å²) >= 11 is 0. The molecule has 0 saturated heterocycles. The van der Waals surface area contributed by atoms with Crippen molar-refractivity contribution in [1.82, 2.24) is 0 Å². The third kappa shape index (κ3) is 1.76. The van der Waals surface area contributed by atoms with Gasteiger partial charge in [-0.25, -0.2) is 0 Å². The quantitative estimate of drug-likeness (QED) is 0.508. The lowest BCUT2D eigenvalue weighted by Gasteiger charge is -2.55. The summed E-state index contributed by atoms with van der Waals surface area (Å²) in [6.07, 6.45) is 19.3. The third-order valence-electron chi connectivity index (χ3n) is 8.20. The largest absolute Gasteiger partial charge is 0.0838 e. The molecule has 0 radical (unpaired) electrons. The first kappa shape index (κ1) is 14.8. The van der Waals surface area contributed by atoms with Gasteiger partial charge in [0.05, 0.1) is 0 Å². The van der Waals surface area contributed by atoms with Crippen LogP contribution in [0.25, 0.3) is 0 Å².